The molecule has 2 nitrogen and oxygen atoms in total. The van der Waals surface area contributed by atoms with Gasteiger partial charge in [0.2, 0.25) is 0 Å². The monoisotopic (exact) mass is 140 g/mol. The van der Waals surface area contributed by atoms with Crippen LogP contribution in [0.2, 0.25) is 5.82 Å². The van der Waals surface area contributed by atoms with Gasteiger partial charge in [0.1, 0.15) is 0 Å². The summed E-state index contributed by atoms with van der Waals surface area (Å²) in [5, 5.41) is 9.33. The van der Waals surface area contributed by atoms with Gasteiger partial charge in [0.25, 0.3) is 0 Å². The van der Waals surface area contributed by atoms with Crippen LogP contribution in [0.5, 0.6) is 0 Å². The number of methoxy groups -OCH3 is 1. The van der Waals surface area contributed by atoms with E-state index in [4.69, 9.17) is 12.6 Å². The van der Waals surface area contributed by atoms with Crippen molar-refractivity contribution in [2.24, 2.45) is 5.92 Å². The molecule has 0 aromatic carbocycles. The molecule has 3 atom stereocenters. The van der Waals surface area contributed by atoms with Crippen molar-refractivity contribution in [3.63, 3.8) is 0 Å². The molecule has 0 unspecified atom stereocenters. The third-order valence-corrected chi connectivity index (χ3v) is 2.07. The van der Waals surface area contributed by atoms with E-state index in [9.17, 15) is 5.11 Å². The Hall–Kier alpha value is -0.0151. The summed E-state index contributed by atoms with van der Waals surface area (Å²) in [5.41, 5.74) is 0. The van der Waals surface area contributed by atoms with Crippen molar-refractivity contribution in [2.45, 2.75) is 24.8 Å². The zero-order valence-corrected chi connectivity index (χ0v) is 6.29. The Labute approximate surface area is 63.0 Å². The minimum atomic E-state index is -0.241. The Morgan fingerprint density at radius 1 is 1.60 bits per heavy atom. The predicted molar refractivity (Wildman–Crippen MR) is 40.1 cm³/mol. The molecule has 0 bridgehead atoms. The normalized spacial score (nSPS) is 40.4. The second-order valence-electron chi connectivity index (χ2n) is 3.01. The van der Waals surface area contributed by atoms with Crippen LogP contribution in [0.15, 0.2) is 0 Å². The van der Waals surface area contributed by atoms with Crippen molar-refractivity contribution in [3.8, 4) is 0 Å². The number of hydrogen-bond donors (Lipinski definition) is 1. The van der Waals surface area contributed by atoms with Crippen LogP contribution in [0.1, 0.15) is 12.8 Å². The molecule has 0 aliphatic heterocycles. The van der Waals surface area contributed by atoms with Crippen LogP contribution in [0.4, 0.5) is 0 Å². The molecule has 1 aliphatic carbocycles. The van der Waals surface area contributed by atoms with Gasteiger partial charge in [-0.15, -0.1) is 0 Å². The minimum Gasteiger partial charge on any atom is -0.393 e. The summed E-state index contributed by atoms with van der Waals surface area (Å²) in [7, 11) is 7.28. The molecule has 1 aliphatic rings. The highest BCUT2D eigenvalue weighted by Gasteiger charge is 2.29. The Morgan fingerprint density at radius 3 is 2.70 bits per heavy atom. The number of ether oxygens (including phenoxy) is 1. The highest BCUT2D eigenvalue weighted by Crippen LogP contribution is 2.33. The van der Waals surface area contributed by atoms with Crippen LogP contribution in [0, 0.1) is 5.92 Å². The van der Waals surface area contributed by atoms with Gasteiger partial charge >= 0.3 is 0 Å². The second kappa shape index (κ2) is 3.40. The third kappa shape index (κ3) is 1.73. The van der Waals surface area contributed by atoms with E-state index in [1.165, 1.54) is 0 Å². The molecule has 10 heavy (non-hydrogen) atoms. The van der Waals surface area contributed by atoms with Crippen molar-refractivity contribution in [2.75, 3.05) is 13.7 Å². The lowest BCUT2D eigenvalue weighted by atomic mass is 9.85. The lowest BCUT2D eigenvalue weighted by Crippen LogP contribution is -2.17. The fraction of sp³-hybridized carbons (Fsp3) is 1.00. The maximum Gasteiger partial charge on any atom is 0.0700 e. The summed E-state index contributed by atoms with van der Waals surface area (Å²) in [5.74, 6) is 0.440. The standard InChI is InChI=1S/C7H13BO2/c1-10-4-5-2-6(8)3-7(5)9/h5-7,9H,2-4H2,1H3/t5-,6-,7+/m1/s1. The van der Waals surface area contributed by atoms with Gasteiger partial charge < -0.3 is 9.84 Å². The highest BCUT2D eigenvalue weighted by atomic mass is 16.5. The summed E-state index contributed by atoms with van der Waals surface area (Å²) in [6.07, 6.45) is 1.39. The molecule has 0 heterocycles. The Morgan fingerprint density at radius 2 is 2.30 bits per heavy atom. The molecule has 2 radical (unpaired) electrons. The van der Waals surface area contributed by atoms with Gasteiger partial charge in [-0.25, -0.2) is 0 Å². The molecule has 3 heteroatoms. The molecule has 1 fully saturated rings. The summed E-state index contributed by atoms with van der Waals surface area (Å²) in [6.45, 7) is 0.634. The van der Waals surface area contributed by atoms with E-state index in [0.717, 1.165) is 12.8 Å². The maximum absolute atomic E-state index is 9.33. The molecule has 1 N–H and O–H groups in total. The topological polar surface area (TPSA) is 29.5 Å². The number of aliphatic hydroxyl groups is 1. The van der Waals surface area contributed by atoms with Crippen LogP contribution in [0.25, 0.3) is 0 Å². The third-order valence-electron chi connectivity index (χ3n) is 2.07. The van der Waals surface area contributed by atoms with Crippen LogP contribution < -0.4 is 0 Å². The average molecular weight is 140 g/mol. The number of rotatable bonds is 2. The van der Waals surface area contributed by atoms with Gasteiger partial charge in [-0.1, -0.05) is 12.2 Å². The molecule has 1 saturated carbocycles. The first-order valence-electron chi connectivity index (χ1n) is 3.66. The van der Waals surface area contributed by atoms with E-state index in [-0.39, 0.29) is 17.8 Å². The molecule has 0 amide bonds. The van der Waals surface area contributed by atoms with Gasteiger partial charge in [-0.05, 0) is 6.42 Å². The largest absolute Gasteiger partial charge is 0.393 e. The van der Waals surface area contributed by atoms with Crippen LogP contribution in [-0.4, -0.2) is 32.8 Å². The molecule has 0 aromatic rings. The Kier molecular flexibility index (Phi) is 2.75. The lowest BCUT2D eigenvalue weighted by Gasteiger charge is -2.11. The molecular formula is C7H13BO2. The first-order chi connectivity index (χ1) is 4.74. The zero-order chi connectivity index (χ0) is 7.56. The summed E-state index contributed by atoms with van der Waals surface area (Å²) in [6, 6.07) is 0. The Balaban J connectivity index is 2.31. The van der Waals surface area contributed by atoms with Crippen molar-refractivity contribution in [1.82, 2.24) is 0 Å². The van der Waals surface area contributed by atoms with E-state index >= 15 is 0 Å². The van der Waals surface area contributed by atoms with Crippen LogP contribution >= 0.6 is 0 Å². The quantitative estimate of drug-likeness (QED) is 0.561. The minimum absolute atomic E-state index is 0.176. The van der Waals surface area contributed by atoms with Gasteiger partial charge in [-0.2, -0.15) is 0 Å². The highest BCUT2D eigenvalue weighted by molar-refractivity contribution is 6.11. The van der Waals surface area contributed by atoms with Crippen molar-refractivity contribution >= 4 is 7.85 Å². The maximum atomic E-state index is 9.33. The van der Waals surface area contributed by atoms with Gasteiger partial charge in [0.15, 0.2) is 0 Å². The van der Waals surface area contributed by atoms with Crippen LogP contribution in [-0.2, 0) is 4.74 Å². The van der Waals surface area contributed by atoms with Crippen molar-refractivity contribution in [1.29, 1.82) is 0 Å². The molecule has 1 rings (SSSR count). The first-order valence-corrected chi connectivity index (χ1v) is 3.66. The van der Waals surface area contributed by atoms with Gasteiger partial charge in [-0.3, -0.25) is 0 Å². The first kappa shape index (κ1) is 8.09. The fourth-order valence-corrected chi connectivity index (χ4v) is 1.54. The average Bonchev–Trinajstić information content (AvgIpc) is 2.13. The molecular weight excluding hydrogens is 127 g/mol. The number of aliphatic hydroxyl groups excluding tert-OH is 1. The molecule has 0 aromatic heterocycles. The van der Waals surface area contributed by atoms with E-state index in [0.29, 0.717) is 6.61 Å². The summed E-state index contributed by atoms with van der Waals surface area (Å²) < 4.78 is 4.93. The molecule has 56 valence electrons. The number of hydrogen-bond acceptors (Lipinski definition) is 2. The van der Waals surface area contributed by atoms with Crippen molar-refractivity contribution in [3.05, 3.63) is 0 Å². The van der Waals surface area contributed by atoms with E-state index in [1.807, 2.05) is 0 Å². The molecule has 0 saturated heterocycles. The Bertz CT molecular complexity index is 108. The molecule has 0 spiro atoms. The van der Waals surface area contributed by atoms with Gasteiger partial charge in [0, 0.05) is 13.0 Å². The van der Waals surface area contributed by atoms with E-state index in [1.54, 1.807) is 7.11 Å². The summed E-state index contributed by atoms with van der Waals surface area (Å²) in [4.78, 5) is 0. The smallest absolute Gasteiger partial charge is 0.0700 e. The zero-order valence-electron chi connectivity index (χ0n) is 6.29. The van der Waals surface area contributed by atoms with Crippen LogP contribution in [0.3, 0.4) is 0 Å². The van der Waals surface area contributed by atoms with E-state index < -0.39 is 0 Å². The van der Waals surface area contributed by atoms with Gasteiger partial charge in [0.05, 0.1) is 20.6 Å². The van der Waals surface area contributed by atoms with E-state index in [2.05, 4.69) is 0 Å². The fourth-order valence-electron chi connectivity index (χ4n) is 1.54. The lowest BCUT2D eigenvalue weighted by molar-refractivity contribution is 0.0683. The predicted octanol–water partition coefficient (Wildman–Crippen LogP) is 0.361. The van der Waals surface area contributed by atoms with Crippen molar-refractivity contribution < 1.29 is 9.84 Å². The SMILES string of the molecule is [B][C@@H]1C[C@H](COC)[C@@H](O)C1. The second-order valence-corrected chi connectivity index (χ2v) is 3.01. The summed E-state index contributed by atoms with van der Waals surface area (Å²) >= 11 is 0.